The third-order valence-electron chi connectivity index (χ3n) is 2.63. The monoisotopic (exact) mass is 261 g/mol. The van der Waals surface area contributed by atoms with Gasteiger partial charge < -0.3 is 5.32 Å². The zero-order valence-electron chi connectivity index (χ0n) is 11.0. The SMILES string of the molecule is CNc1nc(CCC(F)(F)F)nc(C)c1C(C)C. The standard InChI is InChI=1S/C12H18F3N3/c1-7(2)10-8(3)17-9(18-11(10)16-4)5-6-12(13,14)15/h7H,5-6H2,1-4H3,(H,16,17,18). The fourth-order valence-corrected chi connectivity index (χ4v) is 1.89. The minimum Gasteiger partial charge on any atom is -0.373 e. The number of alkyl halides is 3. The highest BCUT2D eigenvalue weighted by atomic mass is 19.4. The van der Waals surface area contributed by atoms with Crippen LogP contribution in [0, 0.1) is 6.92 Å². The van der Waals surface area contributed by atoms with E-state index >= 15 is 0 Å². The van der Waals surface area contributed by atoms with Gasteiger partial charge in [0.25, 0.3) is 0 Å². The summed E-state index contributed by atoms with van der Waals surface area (Å²) < 4.78 is 36.5. The Hall–Kier alpha value is -1.33. The molecule has 6 heteroatoms. The predicted molar refractivity (Wildman–Crippen MR) is 64.8 cm³/mol. The largest absolute Gasteiger partial charge is 0.389 e. The van der Waals surface area contributed by atoms with Crippen LogP contribution >= 0.6 is 0 Å². The molecule has 0 saturated heterocycles. The third kappa shape index (κ3) is 3.85. The van der Waals surface area contributed by atoms with Crippen LogP contribution in [0.25, 0.3) is 0 Å². The van der Waals surface area contributed by atoms with E-state index in [1.807, 2.05) is 13.8 Å². The summed E-state index contributed by atoms with van der Waals surface area (Å²) in [7, 11) is 1.71. The van der Waals surface area contributed by atoms with Crippen molar-refractivity contribution in [3.8, 4) is 0 Å². The van der Waals surface area contributed by atoms with Gasteiger partial charge in [-0.2, -0.15) is 13.2 Å². The maximum absolute atomic E-state index is 12.2. The Morgan fingerprint density at radius 2 is 1.83 bits per heavy atom. The summed E-state index contributed by atoms with van der Waals surface area (Å²) in [6.07, 6.45) is -5.25. The van der Waals surface area contributed by atoms with Crippen LogP contribution in [0.2, 0.25) is 0 Å². The summed E-state index contributed by atoms with van der Waals surface area (Å²) in [5, 5.41) is 2.92. The summed E-state index contributed by atoms with van der Waals surface area (Å²) in [4.78, 5) is 8.31. The lowest BCUT2D eigenvalue weighted by Gasteiger charge is -2.15. The number of aromatic nitrogens is 2. The van der Waals surface area contributed by atoms with E-state index in [-0.39, 0.29) is 18.2 Å². The Morgan fingerprint density at radius 3 is 2.28 bits per heavy atom. The van der Waals surface area contributed by atoms with Crippen molar-refractivity contribution >= 4 is 5.82 Å². The first-order valence-corrected chi connectivity index (χ1v) is 5.86. The van der Waals surface area contributed by atoms with E-state index in [4.69, 9.17) is 0 Å². The van der Waals surface area contributed by atoms with Crippen molar-refractivity contribution in [3.05, 3.63) is 17.1 Å². The van der Waals surface area contributed by atoms with Gasteiger partial charge in [0, 0.05) is 24.7 Å². The van der Waals surface area contributed by atoms with Crippen molar-refractivity contribution in [1.82, 2.24) is 9.97 Å². The molecule has 0 aliphatic carbocycles. The van der Waals surface area contributed by atoms with Gasteiger partial charge in [-0.1, -0.05) is 13.8 Å². The average Bonchev–Trinajstić information content (AvgIpc) is 2.23. The van der Waals surface area contributed by atoms with Gasteiger partial charge >= 0.3 is 6.18 Å². The van der Waals surface area contributed by atoms with Gasteiger partial charge in [-0.15, -0.1) is 0 Å². The van der Waals surface area contributed by atoms with E-state index in [0.29, 0.717) is 5.82 Å². The topological polar surface area (TPSA) is 37.8 Å². The molecule has 0 fully saturated rings. The average molecular weight is 261 g/mol. The Balaban J connectivity index is 3.00. The lowest BCUT2D eigenvalue weighted by Crippen LogP contribution is -2.13. The Labute approximate surface area is 105 Å². The van der Waals surface area contributed by atoms with Crippen LogP contribution in [0.1, 0.15) is 43.3 Å². The third-order valence-corrected chi connectivity index (χ3v) is 2.63. The number of hydrogen-bond donors (Lipinski definition) is 1. The lowest BCUT2D eigenvalue weighted by molar-refractivity contribution is -0.134. The Bertz CT molecular complexity index is 414. The molecule has 0 aromatic carbocycles. The highest BCUT2D eigenvalue weighted by Crippen LogP contribution is 2.26. The number of hydrogen-bond acceptors (Lipinski definition) is 3. The van der Waals surface area contributed by atoms with Gasteiger partial charge in [-0.05, 0) is 12.8 Å². The zero-order valence-corrected chi connectivity index (χ0v) is 11.0. The maximum atomic E-state index is 12.2. The summed E-state index contributed by atoms with van der Waals surface area (Å²) in [6, 6.07) is 0. The number of halogens is 3. The zero-order chi connectivity index (χ0) is 13.9. The van der Waals surface area contributed by atoms with Gasteiger partial charge in [0.15, 0.2) is 0 Å². The minimum atomic E-state index is -4.17. The van der Waals surface area contributed by atoms with Crippen LogP contribution in [-0.2, 0) is 6.42 Å². The van der Waals surface area contributed by atoms with Crippen molar-refractivity contribution in [1.29, 1.82) is 0 Å². The molecule has 1 N–H and O–H groups in total. The molecule has 0 unspecified atom stereocenters. The molecular weight excluding hydrogens is 243 g/mol. The fourth-order valence-electron chi connectivity index (χ4n) is 1.89. The highest BCUT2D eigenvalue weighted by Gasteiger charge is 2.27. The van der Waals surface area contributed by atoms with Gasteiger partial charge in [0.1, 0.15) is 11.6 Å². The normalized spacial score (nSPS) is 12.0. The molecule has 1 heterocycles. The molecule has 0 atom stereocenters. The molecule has 1 aromatic rings. The molecule has 0 radical (unpaired) electrons. The van der Waals surface area contributed by atoms with E-state index in [1.54, 1.807) is 14.0 Å². The first-order chi connectivity index (χ1) is 8.24. The molecule has 0 aliphatic heterocycles. The summed E-state index contributed by atoms with van der Waals surface area (Å²) in [5.74, 6) is 1.08. The second-order valence-corrected chi connectivity index (χ2v) is 4.51. The Kier molecular flexibility index (Phi) is 4.53. The van der Waals surface area contributed by atoms with Crippen molar-refractivity contribution in [2.75, 3.05) is 12.4 Å². The van der Waals surface area contributed by atoms with E-state index in [1.165, 1.54) is 0 Å². The molecule has 0 saturated carbocycles. The highest BCUT2D eigenvalue weighted by molar-refractivity contribution is 5.47. The molecular formula is C12H18F3N3. The molecule has 0 bridgehead atoms. The van der Waals surface area contributed by atoms with Crippen molar-refractivity contribution < 1.29 is 13.2 Å². The van der Waals surface area contributed by atoms with Crippen molar-refractivity contribution in [2.45, 2.75) is 45.7 Å². The van der Waals surface area contributed by atoms with Crippen LogP contribution in [0.15, 0.2) is 0 Å². The maximum Gasteiger partial charge on any atom is 0.389 e. The molecule has 0 spiro atoms. The molecule has 1 aromatic heterocycles. The Morgan fingerprint density at radius 1 is 1.22 bits per heavy atom. The molecule has 0 aliphatic rings. The second-order valence-electron chi connectivity index (χ2n) is 4.51. The van der Waals surface area contributed by atoms with Crippen LogP contribution in [-0.4, -0.2) is 23.2 Å². The molecule has 3 nitrogen and oxygen atoms in total. The van der Waals surface area contributed by atoms with Gasteiger partial charge in [0.2, 0.25) is 0 Å². The smallest absolute Gasteiger partial charge is 0.373 e. The van der Waals surface area contributed by atoms with E-state index in [9.17, 15) is 13.2 Å². The number of rotatable bonds is 4. The summed E-state index contributed by atoms with van der Waals surface area (Å²) >= 11 is 0. The molecule has 1 rings (SSSR count). The van der Waals surface area contributed by atoms with Crippen molar-refractivity contribution in [2.24, 2.45) is 0 Å². The van der Waals surface area contributed by atoms with Gasteiger partial charge in [-0.25, -0.2) is 9.97 Å². The minimum absolute atomic E-state index is 0.183. The van der Waals surface area contributed by atoms with Gasteiger partial charge in [0.05, 0.1) is 6.42 Å². The van der Waals surface area contributed by atoms with Gasteiger partial charge in [-0.3, -0.25) is 0 Å². The van der Waals surface area contributed by atoms with Crippen LogP contribution in [0.3, 0.4) is 0 Å². The van der Waals surface area contributed by atoms with Crippen molar-refractivity contribution in [3.63, 3.8) is 0 Å². The van der Waals surface area contributed by atoms with Crippen LogP contribution < -0.4 is 5.32 Å². The lowest BCUT2D eigenvalue weighted by atomic mass is 10.0. The number of aryl methyl sites for hydroxylation is 2. The van der Waals surface area contributed by atoms with Crippen LogP contribution in [0.5, 0.6) is 0 Å². The van der Waals surface area contributed by atoms with E-state index in [2.05, 4.69) is 15.3 Å². The van der Waals surface area contributed by atoms with Crippen LogP contribution in [0.4, 0.5) is 19.0 Å². The summed E-state index contributed by atoms with van der Waals surface area (Å²) in [6.45, 7) is 5.80. The van der Waals surface area contributed by atoms with E-state index in [0.717, 1.165) is 11.3 Å². The molecule has 0 amide bonds. The predicted octanol–water partition coefficient (Wildman–Crippen LogP) is 3.45. The number of nitrogens with one attached hydrogen (secondary N) is 1. The fraction of sp³-hybridized carbons (Fsp3) is 0.667. The molecule has 102 valence electrons. The first kappa shape index (κ1) is 14.7. The number of nitrogens with zero attached hydrogens (tertiary/aromatic N) is 2. The molecule has 18 heavy (non-hydrogen) atoms. The number of anilines is 1. The quantitative estimate of drug-likeness (QED) is 0.902. The first-order valence-electron chi connectivity index (χ1n) is 5.86. The second kappa shape index (κ2) is 5.54. The van der Waals surface area contributed by atoms with E-state index < -0.39 is 12.6 Å². The summed E-state index contributed by atoms with van der Waals surface area (Å²) in [5.41, 5.74) is 1.69.